The Hall–Kier alpha value is -1.20. The van der Waals surface area contributed by atoms with Crippen LogP contribution in [0.5, 0.6) is 0 Å². The molecule has 0 spiro atoms. The molecule has 0 aliphatic rings. The maximum atomic E-state index is 11.2. The first-order valence-corrected chi connectivity index (χ1v) is 6.11. The van der Waals surface area contributed by atoms with Gasteiger partial charge in [0.05, 0.1) is 5.75 Å². The van der Waals surface area contributed by atoms with Gasteiger partial charge in [-0.05, 0) is 10.4 Å². The summed E-state index contributed by atoms with van der Waals surface area (Å²) in [7, 11) is -4.07. The molecule has 0 aliphatic carbocycles. The SMILES string of the molecule is O=C(Cn1nnnc1S)NCCS(=O)(=O)O. The second-order valence-electron chi connectivity index (χ2n) is 2.77. The van der Waals surface area contributed by atoms with E-state index in [1.165, 1.54) is 0 Å². The van der Waals surface area contributed by atoms with Gasteiger partial charge in [0.25, 0.3) is 10.1 Å². The van der Waals surface area contributed by atoms with Crippen molar-refractivity contribution < 1.29 is 17.8 Å². The monoisotopic (exact) mass is 267 g/mol. The summed E-state index contributed by atoms with van der Waals surface area (Å²) in [5.41, 5.74) is 0. The summed E-state index contributed by atoms with van der Waals surface area (Å²) in [6.07, 6.45) is 0. The number of tetrazole rings is 1. The van der Waals surface area contributed by atoms with E-state index >= 15 is 0 Å². The number of hydrogen-bond acceptors (Lipinski definition) is 7. The molecule has 1 heterocycles. The van der Waals surface area contributed by atoms with Gasteiger partial charge in [-0.1, -0.05) is 0 Å². The van der Waals surface area contributed by atoms with Crippen LogP contribution in [0.2, 0.25) is 0 Å². The molecule has 1 rings (SSSR count). The molecule has 1 aromatic heterocycles. The molecule has 1 amide bonds. The normalized spacial score (nSPS) is 11.4. The Kier molecular flexibility index (Phi) is 4.20. The number of hydrogen-bond donors (Lipinski definition) is 3. The first kappa shape index (κ1) is 12.9. The fourth-order valence-electron chi connectivity index (χ4n) is 0.814. The van der Waals surface area contributed by atoms with Gasteiger partial charge in [0, 0.05) is 6.54 Å². The summed E-state index contributed by atoms with van der Waals surface area (Å²) in [6.45, 7) is -0.348. The van der Waals surface area contributed by atoms with Crippen molar-refractivity contribution in [1.82, 2.24) is 25.5 Å². The fourth-order valence-corrected chi connectivity index (χ4v) is 1.32. The molecular formula is C5H9N5O4S2. The summed E-state index contributed by atoms with van der Waals surface area (Å²) in [4.78, 5) is 11.2. The zero-order valence-electron chi connectivity index (χ0n) is 7.94. The zero-order valence-corrected chi connectivity index (χ0v) is 9.65. The number of amides is 1. The number of rotatable bonds is 5. The molecule has 11 heteroatoms. The lowest BCUT2D eigenvalue weighted by Gasteiger charge is -2.03. The maximum Gasteiger partial charge on any atom is 0.266 e. The molecule has 0 unspecified atom stereocenters. The van der Waals surface area contributed by atoms with Crippen molar-refractivity contribution in [2.45, 2.75) is 11.7 Å². The van der Waals surface area contributed by atoms with E-state index in [0.717, 1.165) is 4.68 Å². The highest BCUT2D eigenvalue weighted by molar-refractivity contribution is 7.85. The Morgan fingerprint density at radius 3 is 2.75 bits per heavy atom. The molecule has 0 saturated heterocycles. The minimum Gasteiger partial charge on any atom is -0.353 e. The number of carbonyl (C=O) groups is 1. The van der Waals surface area contributed by atoms with Crippen molar-refractivity contribution in [3.05, 3.63) is 0 Å². The number of thiol groups is 1. The van der Waals surface area contributed by atoms with Gasteiger partial charge >= 0.3 is 0 Å². The lowest BCUT2D eigenvalue weighted by molar-refractivity contribution is -0.121. The average molecular weight is 267 g/mol. The molecule has 0 radical (unpaired) electrons. The quantitative estimate of drug-likeness (QED) is 0.414. The van der Waals surface area contributed by atoms with Gasteiger partial charge in [0.1, 0.15) is 6.54 Å². The zero-order chi connectivity index (χ0) is 12.2. The van der Waals surface area contributed by atoms with E-state index < -0.39 is 21.8 Å². The third-order valence-electron chi connectivity index (χ3n) is 1.49. The highest BCUT2D eigenvalue weighted by Crippen LogP contribution is 1.95. The molecule has 0 bridgehead atoms. The topological polar surface area (TPSA) is 127 Å². The summed E-state index contributed by atoms with van der Waals surface area (Å²) in [5, 5.41) is 12.6. The van der Waals surface area contributed by atoms with Crippen molar-refractivity contribution in [3.63, 3.8) is 0 Å². The highest BCUT2D eigenvalue weighted by atomic mass is 32.2. The van der Waals surface area contributed by atoms with Crippen LogP contribution in [-0.4, -0.2) is 51.4 Å². The molecule has 0 atom stereocenters. The van der Waals surface area contributed by atoms with Crippen LogP contribution in [0.3, 0.4) is 0 Å². The Morgan fingerprint density at radius 2 is 2.25 bits per heavy atom. The summed E-state index contributed by atoms with van der Waals surface area (Å²) < 4.78 is 30.2. The van der Waals surface area contributed by atoms with Crippen LogP contribution in [0.1, 0.15) is 0 Å². The van der Waals surface area contributed by atoms with Crippen molar-refractivity contribution in [2.24, 2.45) is 0 Å². The van der Waals surface area contributed by atoms with E-state index in [-0.39, 0.29) is 18.2 Å². The van der Waals surface area contributed by atoms with Gasteiger partial charge in [0.15, 0.2) is 0 Å². The highest BCUT2D eigenvalue weighted by Gasteiger charge is 2.09. The van der Waals surface area contributed by atoms with Gasteiger partial charge in [-0.15, -0.1) is 17.7 Å². The molecule has 0 aliphatic heterocycles. The van der Waals surface area contributed by atoms with Crippen LogP contribution < -0.4 is 5.32 Å². The Balaban J connectivity index is 2.35. The molecule has 0 saturated carbocycles. The van der Waals surface area contributed by atoms with Gasteiger partial charge in [-0.25, -0.2) is 4.68 Å². The lowest BCUT2D eigenvalue weighted by Crippen LogP contribution is -2.32. The molecule has 2 N–H and O–H groups in total. The summed E-state index contributed by atoms with van der Waals surface area (Å²) >= 11 is 3.87. The number of nitrogens with one attached hydrogen (secondary N) is 1. The number of nitrogens with zero attached hydrogens (tertiary/aromatic N) is 4. The summed E-state index contributed by atoms with van der Waals surface area (Å²) in [6, 6.07) is 0. The first-order valence-electron chi connectivity index (χ1n) is 4.05. The van der Waals surface area contributed by atoms with Crippen LogP contribution in [0.25, 0.3) is 0 Å². The Bertz CT molecular complexity index is 469. The third kappa shape index (κ3) is 4.55. The standard InChI is InChI=1S/C5H9N5O4S2/c11-4(6-1-2-16(12,13)14)3-10-5(15)7-8-9-10/h1-3H2,(H,6,11)(H,7,9,15)(H,12,13,14). The Morgan fingerprint density at radius 1 is 1.56 bits per heavy atom. The minimum atomic E-state index is -4.07. The second-order valence-corrected chi connectivity index (χ2v) is 4.74. The van der Waals surface area contributed by atoms with Crippen molar-refractivity contribution >= 4 is 28.7 Å². The molecule has 9 nitrogen and oxygen atoms in total. The number of carbonyl (C=O) groups excluding carboxylic acids is 1. The van der Waals surface area contributed by atoms with E-state index in [1.54, 1.807) is 0 Å². The van der Waals surface area contributed by atoms with Gasteiger partial charge < -0.3 is 5.32 Å². The smallest absolute Gasteiger partial charge is 0.266 e. The summed E-state index contributed by atoms with van der Waals surface area (Å²) in [5.74, 6) is -1.02. The predicted octanol–water partition coefficient (Wildman–Crippen LogP) is -2.03. The van der Waals surface area contributed by atoms with Crippen molar-refractivity contribution in [1.29, 1.82) is 0 Å². The van der Waals surface area contributed by atoms with E-state index in [9.17, 15) is 13.2 Å². The minimum absolute atomic E-state index is 0.169. The molecule has 1 aromatic rings. The Labute approximate surface area is 96.4 Å². The maximum absolute atomic E-state index is 11.2. The van der Waals surface area contributed by atoms with Crippen LogP contribution in [0, 0.1) is 0 Å². The van der Waals surface area contributed by atoms with Crippen LogP contribution in [-0.2, 0) is 21.5 Å². The molecule has 90 valence electrons. The van der Waals surface area contributed by atoms with E-state index in [0.29, 0.717) is 0 Å². The lowest BCUT2D eigenvalue weighted by atomic mass is 10.5. The van der Waals surface area contributed by atoms with E-state index in [4.69, 9.17) is 4.55 Å². The molecule has 0 fully saturated rings. The van der Waals surface area contributed by atoms with Gasteiger partial charge in [-0.2, -0.15) is 8.42 Å². The van der Waals surface area contributed by atoms with E-state index in [1.807, 2.05) is 0 Å². The molecule has 16 heavy (non-hydrogen) atoms. The van der Waals surface area contributed by atoms with Crippen molar-refractivity contribution in [3.8, 4) is 0 Å². The fraction of sp³-hybridized carbons (Fsp3) is 0.600. The van der Waals surface area contributed by atoms with E-state index in [2.05, 4.69) is 33.5 Å². The van der Waals surface area contributed by atoms with Crippen LogP contribution in [0.4, 0.5) is 0 Å². The number of aromatic nitrogens is 4. The predicted molar refractivity (Wildman–Crippen MR) is 54.5 cm³/mol. The van der Waals surface area contributed by atoms with Crippen molar-refractivity contribution in [2.75, 3.05) is 12.3 Å². The molecule has 0 aromatic carbocycles. The third-order valence-corrected chi connectivity index (χ3v) is 2.53. The second kappa shape index (κ2) is 5.23. The molecular weight excluding hydrogens is 258 g/mol. The van der Waals surface area contributed by atoms with Gasteiger partial charge in [-0.3, -0.25) is 9.35 Å². The van der Waals surface area contributed by atoms with Crippen LogP contribution >= 0.6 is 12.6 Å². The van der Waals surface area contributed by atoms with Gasteiger partial charge in [0.2, 0.25) is 11.1 Å². The average Bonchev–Trinajstić information content (AvgIpc) is 2.49. The van der Waals surface area contributed by atoms with Crippen LogP contribution in [0.15, 0.2) is 5.16 Å². The largest absolute Gasteiger partial charge is 0.353 e. The first-order chi connectivity index (χ1) is 7.38.